The SMILES string of the molecule is CO[C@H]1C[C@@H](n2c(=O)n(C)c3cnc4cc(F)c(Br)cc4c32)C1. The zero-order chi connectivity index (χ0) is 16.3. The molecule has 2 aromatic heterocycles. The highest BCUT2D eigenvalue weighted by atomic mass is 79.9. The molecule has 1 aromatic carbocycles. The van der Waals surface area contributed by atoms with E-state index in [1.54, 1.807) is 35.6 Å². The summed E-state index contributed by atoms with van der Waals surface area (Å²) in [5.74, 6) is -0.364. The number of methoxy groups -OCH3 is 1. The Morgan fingerprint density at radius 3 is 2.83 bits per heavy atom. The van der Waals surface area contributed by atoms with Crippen LogP contribution >= 0.6 is 15.9 Å². The summed E-state index contributed by atoms with van der Waals surface area (Å²) >= 11 is 3.22. The highest BCUT2D eigenvalue weighted by molar-refractivity contribution is 9.10. The van der Waals surface area contributed by atoms with Gasteiger partial charge in [-0.15, -0.1) is 0 Å². The van der Waals surface area contributed by atoms with Crippen molar-refractivity contribution in [3.05, 3.63) is 39.1 Å². The van der Waals surface area contributed by atoms with Crippen LogP contribution in [0.4, 0.5) is 4.39 Å². The van der Waals surface area contributed by atoms with Gasteiger partial charge in [0.25, 0.3) is 0 Å². The second-order valence-corrected chi connectivity index (χ2v) is 6.82. The normalized spacial score (nSPS) is 21.0. The number of hydrogen-bond donors (Lipinski definition) is 0. The van der Waals surface area contributed by atoms with Crippen molar-refractivity contribution in [2.45, 2.75) is 25.0 Å². The Labute approximate surface area is 139 Å². The van der Waals surface area contributed by atoms with Gasteiger partial charge in [-0.25, -0.2) is 9.18 Å². The third-order valence-electron chi connectivity index (χ3n) is 4.73. The number of aromatic nitrogens is 3. The van der Waals surface area contributed by atoms with Crippen LogP contribution in [0.15, 0.2) is 27.6 Å². The molecule has 0 N–H and O–H groups in total. The number of hydrogen-bond acceptors (Lipinski definition) is 3. The summed E-state index contributed by atoms with van der Waals surface area (Å²) in [5.41, 5.74) is 2.03. The number of pyridine rings is 1. The Morgan fingerprint density at radius 2 is 2.13 bits per heavy atom. The molecule has 0 amide bonds. The predicted octanol–water partition coefficient (Wildman–Crippen LogP) is 3.14. The van der Waals surface area contributed by atoms with Crippen molar-refractivity contribution in [3.8, 4) is 0 Å². The third kappa shape index (κ3) is 2.06. The smallest absolute Gasteiger partial charge is 0.329 e. The predicted molar refractivity (Wildman–Crippen MR) is 89.2 cm³/mol. The number of benzene rings is 1. The van der Waals surface area contributed by atoms with E-state index < -0.39 is 0 Å². The molecule has 1 aliphatic carbocycles. The lowest BCUT2D eigenvalue weighted by atomic mass is 9.89. The molecule has 2 heterocycles. The van der Waals surface area contributed by atoms with E-state index in [1.165, 1.54) is 6.07 Å². The fourth-order valence-corrected chi connectivity index (χ4v) is 3.64. The largest absolute Gasteiger partial charge is 0.381 e. The van der Waals surface area contributed by atoms with Gasteiger partial charge >= 0.3 is 5.69 Å². The number of halogens is 2. The van der Waals surface area contributed by atoms with Crippen LogP contribution in [0.1, 0.15) is 18.9 Å². The number of rotatable bonds is 2. The second-order valence-electron chi connectivity index (χ2n) is 5.97. The number of aryl methyl sites for hydroxylation is 1. The zero-order valence-electron chi connectivity index (χ0n) is 12.7. The van der Waals surface area contributed by atoms with Crippen LogP contribution < -0.4 is 5.69 Å². The van der Waals surface area contributed by atoms with Crippen molar-refractivity contribution in [3.63, 3.8) is 0 Å². The number of imidazole rings is 1. The van der Waals surface area contributed by atoms with Crippen molar-refractivity contribution in [2.75, 3.05) is 7.11 Å². The van der Waals surface area contributed by atoms with Crippen molar-refractivity contribution < 1.29 is 9.13 Å². The standard InChI is InChI=1S/C16H15BrFN3O2/c1-20-14-7-19-13-6-12(18)11(17)5-10(13)15(14)21(16(20)22)8-3-9(4-8)23-2/h5-9H,3-4H2,1-2H3/t8-,9+. The van der Waals surface area contributed by atoms with Gasteiger partial charge in [-0.2, -0.15) is 0 Å². The van der Waals surface area contributed by atoms with E-state index in [4.69, 9.17) is 4.74 Å². The van der Waals surface area contributed by atoms with E-state index in [1.807, 2.05) is 0 Å². The first-order valence-corrected chi connectivity index (χ1v) is 8.18. The Morgan fingerprint density at radius 1 is 1.39 bits per heavy atom. The van der Waals surface area contributed by atoms with E-state index in [2.05, 4.69) is 20.9 Å². The molecule has 1 aliphatic rings. The van der Waals surface area contributed by atoms with Gasteiger partial charge in [0.1, 0.15) is 5.82 Å². The van der Waals surface area contributed by atoms with Crippen molar-refractivity contribution in [1.29, 1.82) is 0 Å². The molecule has 1 fully saturated rings. The van der Waals surface area contributed by atoms with Crippen molar-refractivity contribution >= 4 is 37.9 Å². The Hall–Kier alpha value is -1.73. The highest BCUT2D eigenvalue weighted by Crippen LogP contribution is 2.37. The Bertz CT molecular complexity index is 989. The van der Waals surface area contributed by atoms with E-state index in [0.717, 1.165) is 29.3 Å². The number of ether oxygens (including phenoxy) is 1. The van der Waals surface area contributed by atoms with Gasteiger partial charge in [-0.1, -0.05) is 0 Å². The van der Waals surface area contributed by atoms with Gasteiger partial charge in [-0.3, -0.25) is 14.1 Å². The minimum Gasteiger partial charge on any atom is -0.381 e. The van der Waals surface area contributed by atoms with Crippen LogP contribution in [0.3, 0.4) is 0 Å². The lowest BCUT2D eigenvalue weighted by Gasteiger charge is -2.34. The van der Waals surface area contributed by atoms with Crippen LogP contribution in [0.2, 0.25) is 0 Å². The number of nitrogens with zero attached hydrogens (tertiary/aromatic N) is 3. The molecule has 0 bridgehead atoms. The molecule has 7 heteroatoms. The first kappa shape index (κ1) is 14.8. The lowest BCUT2D eigenvalue weighted by molar-refractivity contribution is 0.00635. The van der Waals surface area contributed by atoms with Crippen molar-refractivity contribution in [2.24, 2.45) is 7.05 Å². The minimum atomic E-state index is -0.364. The van der Waals surface area contributed by atoms with Crippen molar-refractivity contribution in [1.82, 2.24) is 14.1 Å². The van der Waals surface area contributed by atoms with E-state index >= 15 is 0 Å². The van der Waals surface area contributed by atoms with Gasteiger partial charge in [0.15, 0.2) is 0 Å². The highest BCUT2D eigenvalue weighted by Gasteiger charge is 2.33. The summed E-state index contributed by atoms with van der Waals surface area (Å²) < 4.78 is 22.9. The minimum absolute atomic E-state index is 0.0747. The van der Waals surface area contributed by atoms with Crippen LogP contribution in [-0.2, 0) is 11.8 Å². The van der Waals surface area contributed by atoms with Gasteiger partial charge in [-0.05, 0) is 34.8 Å². The van der Waals surface area contributed by atoms with Gasteiger partial charge < -0.3 is 4.74 Å². The maximum absolute atomic E-state index is 13.8. The third-order valence-corrected chi connectivity index (χ3v) is 5.33. The zero-order valence-corrected chi connectivity index (χ0v) is 14.3. The maximum Gasteiger partial charge on any atom is 0.329 e. The molecule has 23 heavy (non-hydrogen) atoms. The topological polar surface area (TPSA) is 49.0 Å². The summed E-state index contributed by atoms with van der Waals surface area (Å²) in [6, 6.07) is 3.19. The molecule has 4 rings (SSSR count). The molecule has 0 spiro atoms. The Balaban J connectivity index is 2.05. The average molecular weight is 380 g/mol. The monoisotopic (exact) mass is 379 g/mol. The quantitative estimate of drug-likeness (QED) is 0.687. The van der Waals surface area contributed by atoms with E-state index in [0.29, 0.717) is 9.99 Å². The molecule has 120 valence electrons. The average Bonchev–Trinajstić information content (AvgIpc) is 2.73. The summed E-state index contributed by atoms with van der Waals surface area (Å²) in [6.45, 7) is 0. The summed E-state index contributed by atoms with van der Waals surface area (Å²) in [5, 5.41) is 0.773. The molecule has 3 aromatic rings. The molecular formula is C16H15BrFN3O2. The number of fused-ring (bicyclic) bond motifs is 3. The van der Waals surface area contributed by atoms with Crippen LogP contribution in [0.25, 0.3) is 21.9 Å². The van der Waals surface area contributed by atoms with E-state index in [-0.39, 0.29) is 23.7 Å². The van der Waals surface area contributed by atoms with Crippen LogP contribution in [0, 0.1) is 5.82 Å². The molecule has 0 saturated heterocycles. The first-order valence-electron chi connectivity index (χ1n) is 7.38. The molecule has 0 unspecified atom stereocenters. The first-order chi connectivity index (χ1) is 11.0. The van der Waals surface area contributed by atoms with Crippen LogP contribution in [-0.4, -0.2) is 27.3 Å². The van der Waals surface area contributed by atoms with E-state index in [9.17, 15) is 9.18 Å². The lowest BCUT2D eigenvalue weighted by Crippen LogP contribution is -2.37. The molecule has 0 atom stereocenters. The molecule has 5 nitrogen and oxygen atoms in total. The van der Waals surface area contributed by atoms with Crippen LogP contribution in [0.5, 0.6) is 0 Å². The van der Waals surface area contributed by atoms with Gasteiger partial charge in [0.2, 0.25) is 0 Å². The second kappa shape index (κ2) is 5.14. The molecule has 0 aliphatic heterocycles. The summed E-state index contributed by atoms with van der Waals surface area (Å²) in [6.07, 6.45) is 3.44. The fraction of sp³-hybridized carbons (Fsp3) is 0.375. The summed E-state index contributed by atoms with van der Waals surface area (Å²) in [4.78, 5) is 17.0. The van der Waals surface area contributed by atoms with Gasteiger partial charge in [0, 0.05) is 31.7 Å². The molecular weight excluding hydrogens is 365 g/mol. The molecule has 0 radical (unpaired) electrons. The fourth-order valence-electron chi connectivity index (χ4n) is 3.30. The molecule has 1 saturated carbocycles. The maximum atomic E-state index is 13.8. The van der Waals surface area contributed by atoms with Gasteiger partial charge in [0.05, 0.1) is 33.3 Å². The summed E-state index contributed by atoms with van der Waals surface area (Å²) in [7, 11) is 3.42. The Kier molecular flexibility index (Phi) is 3.32.